The first-order valence-corrected chi connectivity index (χ1v) is 8.46. The Bertz CT molecular complexity index is 624. The summed E-state index contributed by atoms with van der Waals surface area (Å²) in [6.45, 7) is 1.56. The Labute approximate surface area is 128 Å². The summed E-state index contributed by atoms with van der Waals surface area (Å²) in [6, 6.07) is 2.05. The van der Waals surface area contributed by atoms with E-state index in [1.807, 2.05) is 7.05 Å². The number of nitrogens with zero attached hydrogens (tertiary/aromatic N) is 1. The minimum absolute atomic E-state index is 0.0534. The zero-order chi connectivity index (χ0) is 15.6. The van der Waals surface area contributed by atoms with Gasteiger partial charge in [0.25, 0.3) is 0 Å². The van der Waals surface area contributed by atoms with Crippen LogP contribution in [0, 0.1) is 11.7 Å². The van der Waals surface area contributed by atoms with Crippen LogP contribution in [0.1, 0.15) is 12.0 Å². The number of aliphatic hydroxyl groups is 1. The van der Waals surface area contributed by atoms with Gasteiger partial charge < -0.3 is 10.0 Å². The van der Waals surface area contributed by atoms with Crippen molar-refractivity contribution in [3.63, 3.8) is 0 Å². The molecule has 1 aliphatic rings. The molecule has 1 aromatic carbocycles. The van der Waals surface area contributed by atoms with Gasteiger partial charge in [-0.05, 0) is 38.1 Å². The van der Waals surface area contributed by atoms with Gasteiger partial charge in [0.05, 0.1) is 16.5 Å². The van der Waals surface area contributed by atoms with Crippen LogP contribution in [0.4, 0.5) is 4.39 Å². The molecule has 1 aliphatic heterocycles. The largest absolute Gasteiger partial charge is 0.392 e. The molecule has 2 N–H and O–H groups in total. The zero-order valence-corrected chi connectivity index (χ0v) is 13.2. The Morgan fingerprint density at radius 2 is 2.24 bits per heavy atom. The topological polar surface area (TPSA) is 69.6 Å². The highest BCUT2D eigenvalue weighted by Gasteiger charge is 2.23. The van der Waals surface area contributed by atoms with Crippen LogP contribution in [0.2, 0.25) is 5.02 Å². The highest BCUT2D eigenvalue weighted by molar-refractivity contribution is 7.89. The second-order valence-electron chi connectivity index (χ2n) is 5.31. The highest BCUT2D eigenvalue weighted by Crippen LogP contribution is 2.24. The number of sulfonamides is 1. The quantitative estimate of drug-likeness (QED) is 0.847. The van der Waals surface area contributed by atoms with E-state index in [0.717, 1.165) is 25.6 Å². The van der Waals surface area contributed by atoms with E-state index in [9.17, 15) is 12.8 Å². The lowest BCUT2D eigenvalue weighted by Gasteiger charge is -2.13. The molecule has 1 fully saturated rings. The van der Waals surface area contributed by atoms with Crippen LogP contribution in [-0.4, -0.2) is 45.1 Å². The second-order valence-corrected chi connectivity index (χ2v) is 7.45. The van der Waals surface area contributed by atoms with Gasteiger partial charge in [-0.15, -0.1) is 0 Å². The van der Waals surface area contributed by atoms with E-state index in [0.29, 0.717) is 6.54 Å². The summed E-state index contributed by atoms with van der Waals surface area (Å²) >= 11 is 5.66. The maximum absolute atomic E-state index is 13.6. The summed E-state index contributed by atoms with van der Waals surface area (Å²) in [5, 5.41) is 8.84. The Hall–Kier alpha value is -0.730. The van der Waals surface area contributed by atoms with Crippen LogP contribution in [0.3, 0.4) is 0 Å². The molecule has 1 unspecified atom stereocenters. The van der Waals surface area contributed by atoms with Gasteiger partial charge in [-0.1, -0.05) is 11.6 Å². The smallest absolute Gasteiger partial charge is 0.240 e. The van der Waals surface area contributed by atoms with E-state index in [2.05, 4.69) is 9.62 Å². The van der Waals surface area contributed by atoms with Crippen molar-refractivity contribution in [2.45, 2.75) is 17.9 Å². The predicted octanol–water partition coefficient (Wildman–Crippen LogP) is 1.20. The fraction of sp³-hybridized carbons (Fsp3) is 0.538. The van der Waals surface area contributed by atoms with E-state index in [1.54, 1.807) is 0 Å². The molecule has 2 rings (SSSR count). The lowest BCUT2D eigenvalue weighted by molar-refractivity contribution is 0.281. The van der Waals surface area contributed by atoms with E-state index in [4.69, 9.17) is 16.7 Å². The summed E-state index contributed by atoms with van der Waals surface area (Å²) in [5.41, 5.74) is 0.0534. The maximum atomic E-state index is 13.6. The minimum atomic E-state index is -3.82. The van der Waals surface area contributed by atoms with Crippen molar-refractivity contribution < 1.29 is 17.9 Å². The molecule has 0 aromatic heterocycles. The first-order valence-electron chi connectivity index (χ1n) is 6.60. The van der Waals surface area contributed by atoms with Gasteiger partial charge >= 0.3 is 0 Å². The summed E-state index contributed by atoms with van der Waals surface area (Å²) in [4.78, 5) is 1.91. The number of benzene rings is 1. The standard InChI is InChI=1S/C13H18ClFN2O3S/c1-17-3-2-9(7-17)6-16-21(19,20)11-4-10(8-18)13(14)12(15)5-11/h4-5,9,16,18H,2-3,6-8H2,1H3. The molecule has 0 bridgehead atoms. The molecular formula is C13H18ClFN2O3S. The zero-order valence-electron chi connectivity index (χ0n) is 11.6. The molecule has 21 heavy (non-hydrogen) atoms. The molecule has 1 aromatic rings. The Morgan fingerprint density at radius 1 is 1.52 bits per heavy atom. The van der Waals surface area contributed by atoms with Gasteiger partial charge in [0, 0.05) is 18.7 Å². The van der Waals surface area contributed by atoms with Crippen molar-refractivity contribution in [1.82, 2.24) is 9.62 Å². The third-order valence-electron chi connectivity index (χ3n) is 3.61. The second kappa shape index (κ2) is 6.58. The van der Waals surface area contributed by atoms with Crippen LogP contribution in [-0.2, 0) is 16.6 Å². The average Bonchev–Trinajstić information content (AvgIpc) is 2.85. The molecule has 1 heterocycles. The van der Waals surface area contributed by atoms with Crippen LogP contribution >= 0.6 is 11.6 Å². The predicted molar refractivity (Wildman–Crippen MR) is 78.1 cm³/mol. The lowest BCUT2D eigenvalue weighted by Crippen LogP contribution is -2.30. The van der Waals surface area contributed by atoms with Crippen molar-refractivity contribution in [2.24, 2.45) is 5.92 Å². The number of nitrogens with one attached hydrogen (secondary N) is 1. The third-order valence-corrected chi connectivity index (χ3v) is 5.43. The molecule has 0 saturated carbocycles. The van der Waals surface area contributed by atoms with Gasteiger partial charge in [0.1, 0.15) is 5.82 Å². The number of likely N-dealkylation sites (tertiary alicyclic amines) is 1. The van der Waals surface area contributed by atoms with Gasteiger partial charge in [0.15, 0.2) is 0 Å². The van der Waals surface area contributed by atoms with Gasteiger partial charge in [0.2, 0.25) is 10.0 Å². The molecule has 0 radical (unpaired) electrons. The Kier molecular flexibility index (Phi) is 5.21. The Balaban J connectivity index is 2.14. The molecule has 118 valence electrons. The normalized spacial score (nSPS) is 20.1. The number of aliphatic hydroxyl groups excluding tert-OH is 1. The Morgan fingerprint density at radius 3 is 2.81 bits per heavy atom. The van der Waals surface area contributed by atoms with Crippen molar-refractivity contribution >= 4 is 21.6 Å². The van der Waals surface area contributed by atoms with Gasteiger partial charge in [-0.2, -0.15) is 0 Å². The fourth-order valence-corrected chi connectivity index (χ4v) is 3.74. The molecular weight excluding hydrogens is 319 g/mol. The first kappa shape index (κ1) is 16.6. The first-order chi connectivity index (χ1) is 9.83. The number of halogens is 2. The highest BCUT2D eigenvalue weighted by atomic mass is 35.5. The van der Waals surface area contributed by atoms with Gasteiger partial charge in [-0.3, -0.25) is 0 Å². The average molecular weight is 337 g/mol. The molecule has 5 nitrogen and oxygen atoms in total. The number of hydrogen-bond acceptors (Lipinski definition) is 4. The van der Waals surface area contributed by atoms with Crippen LogP contribution in [0.25, 0.3) is 0 Å². The molecule has 8 heteroatoms. The number of hydrogen-bond donors (Lipinski definition) is 2. The monoisotopic (exact) mass is 336 g/mol. The van der Waals surface area contributed by atoms with Crippen LogP contribution in [0.5, 0.6) is 0 Å². The summed E-state index contributed by atoms with van der Waals surface area (Å²) in [7, 11) is -1.83. The minimum Gasteiger partial charge on any atom is -0.392 e. The summed E-state index contributed by atoms with van der Waals surface area (Å²) < 4.78 is 40.5. The SMILES string of the molecule is CN1CCC(CNS(=O)(=O)c2cc(F)c(Cl)c(CO)c2)C1. The van der Waals surface area contributed by atoms with E-state index in [1.165, 1.54) is 6.07 Å². The van der Waals surface area contributed by atoms with Crippen molar-refractivity contribution in [3.05, 3.63) is 28.5 Å². The maximum Gasteiger partial charge on any atom is 0.240 e. The van der Waals surface area contributed by atoms with E-state index in [-0.39, 0.29) is 21.4 Å². The molecule has 0 amide bonds. The van der Waals surface area contributed by atoms with E-state index < -0.39 is 22.4 Å². The van der Waals surface area contributed by atoms with Crippen LogP contribution < -0.4 is 4.72 Å². The molecule has 0 spiro atoms. The number of rotatable bonds is 5. The fourth-order valence-electron chi connectivity index (χ4n) is 2.39. The van der Waals surface area contributed by atoms with Crippen LogP contribution in [0.15, 0.2) is 17.0 Å². The lowest BCUT2D eigenvalue weighted by atomic mass is 10.1. The third kappa shape index (κ3) is 3.92. The van der Waals surface area contributed by atoms with Crippen molar-refractivity contribution in [2.75, 3.05) is 26.7 Å². The molecule has 0 aliphatic carbocycles. The van der Waals surface area contributed by atoms with Crippen molar-refractivity contribution in [1.29, 1.82) is 0 Å². The summed E-state index contributed by atoms with van der Waals surface area (Å²) in [6.07, 6.45) is 0.926. The van der Waals surface area contributed by atoms with E-state index >= 15 is 0 Å². The molecule has 1 saturated heterocycles. The van der Waals surface area contributed by atoms with Crippen molar-refractivity contribution in [3.8, 4) is 0 Å². The molecule has 1 atom stereocenters. The summed E-state index contributed by atoms with van der Waals surface area (Å²) in [5.74, 6) is -0.608. The van der Waals surface area contributed by atoms with Gasteiger partial charge in [-0.25, -0.2) is 17.5 Å².